The Labute approximate surface area is 87.0 Å². The van der Waals surface area contributed by atoms with Crippen molar-refractivity contribution < 1.29 is 9.47 Å². The zero-order chi connectivity index (χ0) is 9.80. The molecule has 1 saturated carbocycles. The lowest BCUT2D eigenvalue weighted by Gasteiger charge is -2.35. The van der Waals surface area contributed by atoms with E-state index in [9.17, 15) is 0 Å². The van der Waals surface area contributed by atoms with E-state index in [1.165, 1.54) is 32.1 Å². The van der Waals surface area contributed by atoms with Gasteiger partial charge in [0.15, 0.2) is 0 Å². The summed E-state index contributed by atoms with van der Waals surface area (Å²) >= 11 is 0. The van der Waals surface area contributed by atoms with Crippen molar-refractivity contribution in [3.05, 3.63) is 5.92 Å². The van der Waals surface area contributed by atoms with Gasteiger partial charge in [-0.15, -0.1) is 0 Å². The fourth-order valence-electron chi connectivity index (χ4n) is 2.59. The third-order valence-electron chi connectivity index (χ3n) is 3.52. The predicted octanol–water partition coefficient (Wildman–Crippen LogP) is 2.72. The van der Waals surface area contributed by atoms with Gasteiger partial charge >= 0.3 is 0 Å². The topological polar surface area (TPSA) is 18.5 Å². The molecule has 81 valence electrons. The van der Waals surface area contributed by atoms with Crippen molar-refractivity contribution in [3.8, 4) is 0 Å². The summed E-state index contributed by atoms with van der Waals surface area (Å²) in [6.45, 7) is 0.882. The summed E-state index contributed by atoms with van der Waals surface area (Å²) < 4.78 is 11.3. The van der Waals surface area contributed by atoms with Crippen molar-refractivity contribution in [1.82, 2.24) is 0 Å². The SMILES string of the molecule is COC1CCOC([C]2CCCCC2)C1. The molecule has 1 heterocycles. The first-order valence-electron chi connectivity index (χ1n) is 5.89. The Morgan fingerprint density at radius 2 is 2.00 bits per heavy atom. The highest BCUT2D eigenvalue weighted by molar-refractivity contribution is 5.01. The first-order valence-corrected chi connectivity index (χ1v) is 5.89. The highest BCUT2D eigenvalue weighted by atomic mass is 16.5. The van der Waals surface area contributed by atoms with E-state index in [2.05, 4.69) is 0 Å². The molecule has 2 atom stereocenters. The van der Waals surface area contributed by atoms with Crippen LogP contribution in [0.3, 0.4) is 0 Å². The van der Waals surface area contributed by atoms with E-state index in [1.807, 2.05) is 7.11 Å². The van der Waals surface area contributed by atoms with E-state index in [-0.39, 0.29) is 0 Å². The average Bonchev–Trinajstić information content (AvgIpc) is 2.30. The first-order chi connectivity index (χ1) is 6.90. The maximum Gasteiger partial charge on any atom is 0.0662 e. The highest BCUT2D eigenvalue weighted by Crippen LogP contribution is 2.34. The molecule has 14 heavy (non-hydrogen) atoms. The van der Waals surface area contributed by atoms with Gasteiger partial charge in [-0.3, -0.25) is 0 Å². The van der Waals surface area contributed by atoms with Crippen molar-refractivity contribution in [1.29, 1.82) is 0 Å². The minimum Gasteiger partial charge on any atom is -0.381 e. The molecule has 0 N–H and O–H groups in total. The molecule has 2 rings (SSSR count). The van der Waals surface area contributed by atoms with Crippen LogP contribution in [-0.4, -0.2) is 25.9 Å². The molecule has 2 heteroatoms. The molecular weight excluding hydrogens is 176 g/mol. The Morgan fingerprint density at radius 1 is 1.21 bits per heavy atom. The molecule has 0 amide bonds. The zero-order valence-corrected chi connectivity index (χ0v) is 9.13. The number of rotatable bonds is 2. The minimum absolute atomic E-state index is 0.411. The van der Waals surface area contributed by atoms with Crippen LogP contribution in [-0.2, 0) is 9.47 Å². The van der Waals surface area contributed by atoms with Crippen LogP contribution in [0, 0.1) is 5.92 Å². The molecule has 0 bridgehead atoms. The van der Waals surface area contributed by atoms with Crippen molar-refractivity contribution in [2.75, 3.05) is 13.7 Å². The lowest BCUT2D eigenvalue weighted by atomic mass is 9.82. The van der Waals surface area contributed by atoms with Crippen molar-refractivity contribution in [2.24, 2.45) is 0 Å². The van der Waals surface area contributed by atoms with Crippen LogP contribution in [0.15, 0.2) is 0 Å². The van der Waals surface area contributed by atoms with Crippen LogP contribution in [0.5, 0.6) is 0 Å². The summed E-state index contributed by atoms with van der Waals surface area (Å²) in [5.41, 5.74) is 0. The summed E-state index contributed by atoms with van der Waals surface area (Å²) in [7, 11) is 1.82. The van der Waals surface area contributed by atoms with E-state index >= 15 is 0 Å². The number of methoxy groups -OCH3 is 1. The predicted molar refractivity (Wildman–Crippen MR) is 56.1 cm³/mol. The summed E-state index contributed by atoms with van der Waals surface area (Å²) in [6.07, 6.45) is 9.73. The quantitative estimate of drug-likeness (QED) is 0.677. The van der Waals surface area contributed by atoms with Gasteiger partial charge in [0.05, 0.1) is 12.2 Å². The summed E-state index contributed by atoms with van der Waals surface area (Å²) in [4.78, 5) is 0. The number of hydrogen-bond acceptors (Lipinski definition) is 2. The molecule has 1 saturated heterocycles. The summed E-state index contributed by atoms with van der Waals surface area (Å²) in [6, 6.07) is 0. The van der Waals surface area contributed by atoms with Crippen LogP contribution in [0.2, 0.25) is 0 Å². The third-order valence-corrected chi connectivity index (χ3v) is 3.52. The molecule has 0 aromatic heterocycles. The molecule has 2 fully saturated rings. The molecule has 1 aliphatic carbocycles. The maximum atomic E-state index is 5.83. The molecule has 2 unspecified atom stereocenters. The number of hydrogen-bond donors (Lipinski definition) is 0. The van der Waals surface area contributed by atoms with Crippen LogP contribution < -0.4 is 0 Å². The van der Waals surface area contributed by atoms with Gasteiger partial charge < -0.3 is 9.47 Å². The second-order valence-electron chi connectivity index (χ2n) is 4.46. The van der Waals surface area contributed by atoms with Gasteiger partial charge in [-0.05, 0) is 19.3 Å². The normalized spacial score (nSPS) is 35.8. The standard InChI is InChI=1S/C12H21O2/c1-13-11-7-8-14-12(9-11)10-5-3-2-4-6-10/h11-12H,2-9H2,1H3. The molecule has 2 aliphatic rings. The Hall–Kier alpha value is -0.0800. The summed E-state index contributed by atoms with van der Waals surface area (Å²) in [5.74, 6) is 1.65. The van der Waals surface area contributed by atoms with E-state index in [0.717, 1.165) is 19.4 Å². The second-order valence-corrected chi connectivity index (χ2v) is 4.46. The molecule has 2 nitrogen and oxygen atoms in total. The van der Waals surface area contributed by atoms with E-state index in [4.69, 9.17) is 9.47 Å². The molecule has 0 aromatic carbocycles. The van der Waals surface area contributed by atoms with Gasteiger partial charge in [0, 0.05) is 26.1 Å². The van der Waals surface area contributed by atoms with Gasteiger partial charge in [-0.25, -0.2) is 0 Å². The van der Waals surface area contributed by atoms with Gasteiger partial charge in [0.25, 0.3) is 0 Å². The monoisotopic (exact) mass is 197 g/mol. The molecule has 0 spiro atoms. The lowest BCUT2D eigenvalue weighted by Crippen LogP contribution is -2.35. The van der Waals surface area contributed by atoms with Crippen molar-refractivity contribution in [3.63, 3.8) is 0 Å². The Bertz CT molecular complexity index is 164. The van der Waals surface area contributed by atoms with Gasteiger partial charge in [0.2, 0.25) is 0 Å². The second kappa shape index (κ2) is 5.13. The minimum atomic E-state index is 0.411. The molecule has 1 aliphatic heterocycles. The van der Waals surface area contributed by atoms with E-state index in [1.54, 1.807) is 5.92 Å². The Morgan fingerprint density at radius 3 is 2.71 bits per heavy atom. The zero-order valence-electron chi connectivity index (χ0n) is 9.13. The first kappa shape index (κ1) is 10.4. The molecule has 0 aromatic rings. The third kappa shape index (κ3) is 2.48. The smallest absolute Gasteiger partial charge is 0.0662 e. The highest BCUT2D eigenvalue weighted by Gasteiger charge is 2.30. The van der Waals surface area contributed by atoms with E-state index in [0.29, 0.717) is 12.2 Å². The average molecular weight is 197 g/mol. The molecule has 1 radical (unpaired) electrons. The lowest BCUT2D eigenvalue weighted by molar-refractivity contribution is -0.0558. The summed E-state index contributed by atoms with van der Waals surface area (Å²) in [5, 5.41) is 0. The van der Waals surface area contributed by atoms with Crippen LogP contribution >= 0.6 is 0 Å². The van der Waals surface area contributed by atoms with Gasteiger partial charge in [-0.2, -0.15) is 0 Å². The molecular formula is C12H21O2. The van der Waals surface area contributed by atoms with Crippen LogP contribution in [0.25, 0.3) is 0 Å². The Kier molecular flexibility index (Phi) is 3.82. The van der Waals surface area contributed by atoms with Gasteiger partial charge in [-0.1, -0.05) is 19.3 Å². The van der Waals surface area contributed by atoms with Gasteiger partial charge in [0.1, 0.15) is 0 Å². The number of ether oxygens (including phenoxy) is 2. The largest absolute Gasteiger partial charge is 0.381 e. The maximum absolute atomic E-state index is 5.83. The fourth-order valence-corrected chi connectivity index (χ4v) is 2.59. The van der Waals surface area contributed by atoms with Crippen molar-refractivity contribution >= 4 is 0 Å². The van der Waals surface area contributed by atoms with Crippen LogP contribution in [0.1, 0.15) is 44.9 Å². The van der Waals surface area contributed by atoms with Crippen LogP contribution in [0.4, 0.5) is 0 Å². The van der Waals surface area contributed by atoms with Crippen molar-refractivity contribution in [2.45, 2.75) is 57.2 Å². The fraction of sp³-hybridized carbons (Fsp3) is 0.917. The van der Waals surface area contributed by atoms with E-state index < -0.39 is 0 Å². The Balaban J connectivity index is 1.83.